The minimum Gasteiger partial charge on any atom is -0.493 e. The second kappa shape index (κ2) is 11.4. The van der Waals surface area contributed by atoms with Crippen LogP contribution in [0.5, 0.6) is 5.75 Å². The van der Waals surface area contributed by atoms with Crippen molar-refractivity contribution in [2.24, 2.45) is 0 Å². The number of aryl methyl sites for hydroxylation is 1. The summed E-state index contributed by atoms with van der Waals surface area (Å²) in [6.45, 7) is 18.7. The summed E-state index contributed by atoms with van der Waals surface area (Å²) in [5.41, 5.74) is 4.51. The van der Waals surface area contributed by atoms with Gasteiger partial charge in [-0.05, 0) is 84.4 Å². The van der Waals surface area contributed by atoms with E-state index in [1.54, 1.807) is 27.3 Å². The number of ether oxygens (including phenoxy) is 3. The summed E-state index contributed by atoms with van der Waals surface area (Å²) in [7, 11) is 1.59. The first-order valence-electron chi connectivity index (χ1n) is 15.2. The Balaban J connectivity index is 1.66. The van der Waals surface area contributed by atoms with E-state index >= 15 is 0 Å². The molecule has 0 aromatic carbocycles. The molecule has 236 valence electrons. The molecule has 1 saturated heterocycles. The molecule has 1 aliphatic rings. The average Bonchev–Trinajstić information content (AvgIpc) is 3.54. The Morgan fingerprint density at radius 3 is 2.20 bits per heavy atom. The highest BCUT2D eigenvalue weighted by Gasteiger charge is 2.33. The molecule has 11 heteroatoms. The number of nitrogens with zero attached hydrogens (tertiary/aromatic N) is 6. The van der Waals surface area contributed by atoms with Gasteiger partial charge in [-0.3, -0.25) is 4.98 Å². The van der Waals surface area contributed by atoms with Crippen LogP contribution >= 0.6 is 0 Å². The van der Waals surface area contributed by atoms with E-state index in [2.05, 4.69) is 30.9 Å². The number of likely N-dealkylation sites (tertiary alicyclic amines) is 1. The monoisotopic (exact) mass is 604 g/mol. The highest BCUT2D eigenvalue weighted by Crippen LogP contribution is 2.43. The lowest BCUT2D eigenvalue weighted by molar-refractivity contribution is 0.0203. The van der Waals surface area contributed by atoms with Crippen LogP contribution in [0.4, 0.5) is 9.59 Å². The number of amides is 1. The number of piperidine rings is 1. The standard InChI is InChI=1S/C33H44N6O5/c1-19(2)25-26-20(3)27(21-11-13-37(14-12-21)30(40)43-32(4,5)6)34-16-23(26)39(31(41)44-33(7,8)9)28(25)22-15-24(42-10)29-35-18-36-38(29)17-22/h15-19,21H,11-14H2,1-10H3. The minimum absolute atomic E-state index is 0.0524. The van der Waals surface area contributed by atoms with Crippen LogP contribution in [0.25, 0.3) is 27.8 Å². The topological polar surface area (TPSA) is 113 Å². The number of fused-ring (bicyclic) bond motifs is 2. The molecule has 1 fully saturated rings. The zero-order valence-electron chi connectivity index (χ0n) is 27.5. The highest BCUT2D eigenvalue weighted by molar-refractivity contribution is 6.01. The number of hydrogen-bond acceptors (Lipinski definition) is 8. The van der Waals surface area contributed by atoms with Gasteiger partial charge in [-0.15, -0.1) is 0 Å². The van der Waals surface area contributed by atoms with Gasteiger partial charge in [-0.2, -0.15) is 5.10 Å². The summed E-state index contributed by atoms with van der Waals surface area (Å²) in [4.78, 5) is 37.7. The molecule has 0 unspecified atom stereocenters. The first kappa shape index (κ1) is 31.3. The van der Waals surface area contributed by atoms with Crippen LogP contribution in [0.2, 0.25) is 0 Å². The van der Waals surface area contributed by atoms with E-state index in [9.17, 15) is 9.59 Å². The van der Waals surface area contributed by atoms with Gasteiger partial charge in [0.1, 0.15) is 17.5 Å². The summed E-state index contributed by atoms with van der Waals surface area (Å²) in [6.07, 6.45) is 5.91. The lowest BCUT2D eigenvalue weighted by Gasteiger charge is -2.33. The summed E-state index contributed by atoms with van der Waals surface area (Å²) in [5.74, 6) is 0.762. The van der Waals surface area contributed by atoms with Crippen molar-refractivity contribution >= 4 is 28.7 Å². The minimum atomic E-state index is -0.707. The van der Waals surface area contributed by atoms with Gasteiger partial charge in [0.2, 0.25) is 0 Å². The van der Waals surface area contributed by atoms with E-state index in [-0.39, 0.29) is 17.9 Å². The van der Waals surface area contributed by atoms with Gasteiger partial charge in [-0.1, -0.05) is 13.8 Å². The number of carbonyl (C=O) groups excluding carboxylic acids is 2. The van der Waals surface area contributed by atoms with Gasteiger partial charge in [0, 0.05) is 41.8 Å². The maximum atomic E-state index is 14.0. The van der Waals surface area contributed by atoms with E-state index in [1.165, 1.54) is 6.33 Å². The summed E-state index contributed by atoms with van der Waals surface area (Å²) >= 11 is 0. The van der Waals surface area contributed by atoms with E-state index < -0.39 is 17.3 Å². The van der Waals surface area contributed by atoms with Crippen molar-refractivity contribution < 1.29 is 23.8 Å². The largest absolute Gasteiger partial charge is 0.493 e. The average molecular weight is 605 g/mol. The van der Waals surface area contributed by atoms with E-state index in [4.69, 9.17) is 19.2 Å². The molecule has 0 spiro atoms. The van der Waals surface area contributed by atoms with Crippen molar-refractivity contribution in [1.82, 2.24) is 29.0 Å². The van der Waals surface area contributed by atoms with Crippen LogP contribution in [0.1, 0.15) is 96.9 Å². The fourth-order valence-electron chi connectivity index (χ4n) is 6.07. The zero-order chi connectivity index (χ0) is 32.1. The van der Waals surface area contributed by atoms with Gasteiger partial charge >= 0.3 is 12.2 Å². The molecule has 0 aliphatic carbocycles. The predicted molar refractivity (Wildman–Crippen MR) is 169 cm³/mol. The molecule has 1 amide bonds. The number of pyridine rings is 2. The van der Waals surface area contributed by atoms with Crippen molar-refractivity contribution in [3.8, 4) is 17.0 Å². The quantitative estimate of drug-likeness (QED) is 0.243. The Kier molecular flexibility index (Phi) is 8.11. The van der Waals surface area contributed by atoms with Gasteiger partial charge in [0.15, 0.2) is 11.4 Å². The SMILES string of the molecule is COc1cc(-c2c(C(C)C)c3c(C)c(C4CCN(C(=O)OC(C)(C)C)CC4)ncc3n2C(=O)OC(C)(C)C)cn2ncnc12. The summed E-state index contributed by atoms with van der Waals surface area (Å²) in [5, 5.41) is 5.34. The fourth-order valence-corrected chi connectivity index (χ4v) is 6.07. The van der Waals surface area contributed by atoms with Crippen molar-refractivity contribution in [3.05, 3.63) is 41.6 Å². The smallest absolute Gasteiger partial charge is 0.419 e. The van der Waals surface area contributed by atoms with Crippen LogP contribution in [0.15, 0.2) is 24.8 Å². The second-order valence-electron chi connectivity index (χ2n) is 13.8. The number of rotatable bonds is 4. The normalized spacial score (nSPS) is 14.9. The molecule has 0 atom stereocenters. The van der Waals surface area contributed by atoms with Gasteiger partial charge in [0.05, 0.1) is 24.5 Å². The van der Waals surface area contributed by atoms with Crippen molar-refractivity contribution in [1.29, 1.82) is 0 Å². The number of hydrogen-bond donors (Lipinski definition) is 0. The molecule has 11 nitrogen and oxygen atoms in total. The molecule has 1 aliphatic heterocycles. The number of carbonyl (C=O) groups is 2. The lowest BCUT2D eigenvalue weighted by Crippen LogP contribution is -2.41. The van der Waals surface area contributed by atoms with E-state index in [1.807, 2.05) is 53.8 Å². The van der Waals surface area contributed by atoms with Crippen molar-refractivity contribution in [2.75, 3.05) is 20.2 Å². The third-order valence-electron chi connectivity index (χ3n) is 7.85. The van der Waals surface area contributed by atoms with Crippen LogP contribution in [-0.2, 0) is 9.47 Å². The van der Waals surface area contributed by atoms with Gasteiger partial charge in [-0.25, -0.2) is 23.7 Å². The Bertz CT molecular complexity index is 1710. The molecule has 4 aromatic heterocycles. The van der Waals surface area contributed by atoms with E-state index in [0.29, 0.717) is 35.7 Å². The maximum Gasteiger partial charge on any atom is 0.419 e. The first-order chi connectivity index (χ1) is 20.6. The Morgan fingerprint density at radius 2 is 1.61 bits per heavy atom. The molecule has 44 heavy (non-hydrogen) atoms. The number of aromatic nitrogens is 5. The Labute approximate surface area is 258 Å². The van der Waals surface area contributed by atoms with Crippen molar-refractivity contribution in [2.45, 2.75) is 98.2 Å². The molecule has 5 heterocycles. The molecular formula is C33H44N6O5. The molecule has 4 aromatic rings. The molecule has 0 saturated carbocycles. The second-order valence-corrected chi connectivity index (χ2v) is 13.8. The Morgan fingerprint density at radius 1 is 0.977 bits per heavy atom. The van der Waals surface area contributed by atoms with E-state index in [0.717, 1.165) is 40.6 Å². The van der Waals surface area contributed by atoms with Crippen LogP contribution in [0.3, 0.4) is 0 Å². The van der Waals surface area contributed by atoms with Gasteiger partial charge < -0.3 is 19.1 Å². The third kappa shape index (κ3) is 5.96. The molecule has 0 bridgehead atoms. The third-order valence-corrected chi connectivity index (χ3v) is 7.85. The first-order valence-corrected chi connectivity index (χ1v) is 15.2. The van der Waals surface area contributed by atoms with Gasteiger partial charge in [0.25, 0.3) is 0 Å². The summed E-state index contributed by atoms with van der Waals surface area (Å²) in [6, 6.07) is 1.89. The molecular weight excluding hydrogens is 560 g/mol. The van der Waals surface area contributed by atoms with Crippen molar-refractivity contribution in [3.63, 3.8) is 0 Å². The zero-order valence-corrected chi connectivity index (χ0v) is 27.5. The lowest BCUT2D eigenvalue weighted by atomic mass is 9.87. The van der Waals surface area contributed by atoms with Crippen LogP contribution in [0, 0.1) is 6.92 Å². The summed E-state index contributed by atoms with van der Waals surface area (Å²) < 4.78 is 20.5. The predicted octanol–water partition coefficient (Wildman–Crippen LogP) is 7.08. The highest BCUT2D eigenvalue weighted by atomic mass is 16.6. The fraction of sp³-hybridized carbons (Fsp3) is 0.545. The van der Waals surface area contributed by atoms with Crippen LogP contribution < -0.4 is 4.74 Å². The maximum absolute atomic E-state index is 14.0. The molecule has 0 N–H and O–H groups in total. The van der Waals surface area contributed by atoms with Crippen LogP contribution in [-0.4, -0.2) is 72.6 Å². The molecule has 0 radical (unpaired) electrons. The molecule has 5 rings (SSSR count). The Hall–Kier alpha value is -4.15. The number of methoxy groups -OCH3 is 1.